The number of aromatic nitrogens is 2. The third-order valence-corrected chi connectivity index (χ3v) is 6.94. The lowest BCUT2D eigenvalue weighted by molar-refractivity contribution is 0.0958. The van der Waals surface area contributed by atoms with E-state index in [1.54, 1.807) is 28.8 Å². The third-order valence-electron chi connectivity index (χ3n) is 5.03. The van der Waals surface area contributed by atoms with Gasteiger partial charge in [-0.05, 0) is 30.9 Å². The van der Waals surface area contributed by atoms with Gasteiger partial charge in [0.2, 0.25) is 0 Å². The zero-order valence-electron chi connectivity index (χ0n) is 15.9. The first-order chi connectivity index (χ1) is 14.5. The number of nitrogens with zero attached hydrogens (tertiary/aromatic N) is 3. The minimum Gasteiger partial charge on any atom is -0.451 e. The van der Waals surface area contributed by atoms with Crippen molar-refractivity contribution in [1.82, 2.24) is 14.1 Å². The summed E-state index contributed by atoms with van der Waals surface area (Å²) in [4.78, 5) is 19.1. The van der Waals surface area contributed by atoms with Crippen molar-refractivity contribution in [3.63, 3.8) is 0 Å². The number of amides is 1. The molecule has 1 aliphatic rings. The molecule has 1 saturated heterocycles. The predicted octanol–water partition coefficient (Wildman–Crippen LogP) is 3.60. The maximum atomic E-state index is 14.5. The lowest BCUT2D eigenvalue weighted by atomic mass is 10.1. The fourth-order valence-electron chi connectivity index (χ4n) is 3.39. The molecule has 7 nitrogen and oxygen atoms in total. The molecule has 0 saturated carbocycles. The highest BCUT2D eigenvalue weighted by Crippen LogP contribution is 2.30. The number of imidazole rings is 1. The van der Waals surface area contributed by atoms with Gasteiger partial charge in [-0.1, -0.05) is 6.07 Å². The number of fused-ring (bicyclic) bond motifs is 2. The van der Waals surface area contributed by atoms with Crippen LogP contribution in [0.5, 0.6) is 0 Å². The second kappa shape index (κ2) is 7.44. The van der Waals surface area contributed by atoms with Gasteiger partial charge in [-0.15, -0.1) is 11.8 Å². The highest BCUT2D eigenvalue weighted by atomic mass is 32.2. The zero-order chi connectivity index (χ0) is 20.8. The molecule has 0 aliphatic carbocycles. The Morgan fingerprint density at radius 2 is 2.13 bits per heavy atom. The summed E-state index contributed by atoms with van der Waals surface area (Å²) in [6, 6.07) is 9.91. The number of carbonyl (C=O) groups is 1. The molecule has 1 aliphatic heterocycles. The number of rotatable bonds is 5. The van der Waals surface area contributed by atoms with Gasteiger partial charge in [0.25, 0.3) is 5.91 Å². The van der Waals surface area contributed by atoms with Crippen molar-refractivity contribution in [3.05, 3.63) is 54.2 Å². The molecule has 154 valence electrons. The van der Waals surface area contributed by atoms with Crippen LogP contribution in [-0.4, -0.2) is 38.8 Å². The summed E-state index contributed by atoms with van der Waals surface area (Å²) in [5.74, 6) is -1.24. The minimum atomic E-state index is -1.88. The average molecular weight is 445 g/mol. The molecule has 1 atom stereocenters. The van der Waals surface area contributed by atoms with Crippen molar-refractivity contribution < 1.29 is 17.8 Å². The molecule has 1 fully saturated rings. The molecule has 3 aromatic heterocycles. The van der Waals surface area contributed by atoms with Gasteiger partial charge in [0.1, 0.15) is 22.1 Å². The number of pyridine rings is 1. The minimum absolute atomic E-state index is 0.0995. The molecule has 10 heteroatoms. The highest BCUT2D eigenvalue weighted by Gasteiger charge is 2.23. The molecular weight excluding hydrogens is 427 g/mol. The SMILES string of the molecule is CSc1nc2ccccn2c1S(=O)NC(=O)c1cc2c(F)cc(N3CCC3)cc2o1. The normalized spacial score (nSPS) is 14.8. The van der Waals surface area contributed by atoms with E-state index >= 15 is 0 Å². The first kappa shape index (κ1) is 19.1. The van der Waals surface area contributed by atoms with Gasteiger partial charge in [0.15, 0.2) is 21.8 Å². The number of hydrogen-bond donors (Lipinski definition) is 1. The quantitative estimate of drug-likeness (QED) is 0.474. The Balaban J connectivity index is 1.45. The van der Waals surface area contributed by atoms with Crippen LogP contribution in [-0.2, 0) is 11.0 Å². The van der Waals surface area contributed by atoms with E-state index in [2.05, 4.69) is 9.71 Å². The zero-order valence-corrected chi connectivity index (χ0v) is 17.6. The average Bonchev–Trinajstić information content (AvgIpc) is 3.28. The Kier molecular flexibility index (Phi) is 4.75. The second-order valence-electron chi connectivity index (χ2n) is 6.85. The van der Waals surface area contributed by atoms with Gasteiger partial charge in [-0.25, -0.2) is 13.6 Å². The van der Waals surface area contributed by atoms with Crippen molar-refractivity contribution in [2.45, 2.75) is 16.5 Å². The molecule has 5 rings (SSSR count). The molecule has 0 bridgehead atoms. The van der Waals surface area contributed by atoms with Crippen LogP contribution in [0.15, 0.2) is 57.1 Å². The van der Waals surface area contributed by atoms with Crippen LogP contribution < -0.4 is 9.62 Å². The lowest BCUT2D eigenvalue weighted by Gasteiger charge is -2.33. The fraction of sp³-hybridized carbons (Fsp3) is 0.200. The number of nitrogens with one attached hydrogen (secondary N) is 1. The number of halogens is 1. The summed E-state index contributed by atoms with van der Waals surface area (Å²) in [6.07, 6.45) is 4.62. The van der Waals surface area contributed by atoms with Crippen LogP contribution in [0.1, 0.15) is 17.0 Å². The molecule has 0 radical (unpaired) electrons. The summed E-state index contributed by atoms with van der Waals surface area (Å²) in [7, 11) is -1.88. The largest absolute Gasteiger partial charge is 0.451 e. The smallest absolute Gasteiger partial charge is 0.298 e. The van der Waals surface area contributed by atoms with E-state index in [4.69, 9.17) is 4.42 Å². The van der Waals surface area contributed by atoms with E-state index in [1.807, 2.05) is 17.2 Å². The topological polar surface area (TPSA) is 79.9 Å². The van der Waals surface area contributed by atoms with Crippen LogP contribution in [0.4, 0.5) is 10.1 Å². The number of benzene rings is 1. The van der Waals surface area contributed by atoms with E-state index in [1.165, 1.54) is 23.9 Å². The Labute approximate surface area is 177 Å². The maximum Gasteiger partial charge on any atom is 0.298 e. The summed E-state index contributed by atoms with van der Waals surface area (Å²) in [5.41, 5.74) is 1.64. The summed E-state index contributed by atoms with van der Waals surface area (Å²) >= 11 is 1.34. The Morgan fingerprint density at radius 1 is 1.30 bits per heavy atom. The number of anilines is 1. The molecule has 1 unspecified atom stereocenters. The molecule has 4 aromatic rings. The van der Waals surface area contributed by atoms with Crippen molar-refractivity contribution in [2.75, 3.05) is 24.2 Å². The van der Waals surface area contributed by atoms with Gasteiger partial charge in [0.05, 0.1) is 5.39 Å². The second-order valence-corrected chi connectivity index (χ2v) is 8.77. The highest BCUT2D eigenvalue weighted by molar-refractivity contribution is 7.99. The van der Waals surface area contributed by atoms with Crippen molar-refractivity contribution >= 4 is 51.0 Å². The summed E-state index contributed by atoms with van der Waals surface area (Å²) < 4.78 is 37.1. The van der Waals surface area contributed by atoms with Crippen LogP contribution in [0.3, 0.4) is 0 Å². The first-order valence-electron chi connectivity index (χ1n) is 9.27. The van der Waals surface area contributed by atoms with E-state index in [9.17, 15) is 13.4 Å². The number of furan rings is 1. The fourth-order valence-corrected chi connectivity index (χ4v) is 5.23. The summed E-state index contributed by atoms with van der Waals surface area (Å²) in [5, 5.41) is 1.14. The Hall–Kier alpha value is -2.85. The van der Waals surface area contributed by atoms with Gasteiger partial charge < -0.3 is 9.32 Å². The molecule has 1 aromatic carbocycles. The van der Waals surface area contributed by atoms with E-state index in [0.717, 1.165) is 25.2 Å². The van der Waals surface area contributed by atoms with E-state index in [0.29, 0.717) is 15.7 Å². The van der Waals surface area contributed by atoms with Crippen LogP contribution in [0.2, 0.25) is 0 Å². The van der Waals surface area contributed by atoms with E-state index in [-0.39, 0.29) is 16.7 Å². The monoisotopic (exact) mass is 444 g/mol. The number of carbonyl (C=O) groups excluding carboxylic acids is 1. The van der Waals surface area contributed by atoms with Gasteiger partial charge in [0, 0.05) is 37.1 Å². The van der Waals surface area contributed by atoms with Crippen molar-refractivity contribution in [3.8, 4) is 0 Å². The van der Waals surface area contributed by atoms with Crippen molar-refractivity contribution in [2.24, 2.45) is 0 Å². The van der Waals surface area contributed by atoms with Crippen LogP contribution in [0, 0.1) is 5.82 Å². The predicted molar refractivity (Wildman–Crippen MR) is 114 cm³/mol. The maximum absolute atomic E-state index is 14.5. The first-order valence-corrected chi connectivity index (χ1v) is 11.6. The number of thioether (sulfide) groups is 1. The van der Waals surface area contributed by atoms with Gasteiger partial charge in [-0.3, -0.25) is 13.9 Å². The Morgan fingerprint density at radius 3 is 2.87 bits per heavy atom. The van der Waals surface area contributed by atoms with Crippen LogP contribution in [0.25, 0.3) is 16.6 Å². The van der Waals surface area contributed by atoms with Crippen molar-refractivity contribution in [1.29, 1.82) is 0 Å². The van der Waals surface area contributed by atoms with Gasteiger partial charge in [-0.2, -0.15) is 0 Å². The molecule has 1 N–H and O–H groups in total. The molecule has 0 spiro atoms. The summed E-state index contributed by atoms with van der Waals surface area (Å²) in [6.45, 7) is 1.74. The molecule has 4 heterocycles. The Bertz CT molecular complexity index is 1310. The number of hydrogen-bond acceptors (Lipinski definition) is 6. The van der Waals surface area contributed by atoms with Crippen LogP contribution >= 0.6 is 11.8 Å². The van der Waals surface area contributed by atoms with Gasteiger partial charge >= 0.3 is 0 Å². The van der Waals surface area contributed by atoms with E-state index < -0.39 is 22.7 Å². The third kappa shape index (κ3) is 3.16. The molecular formula is C20H17FN4O3S2. The molecule has 1 amide bonds. The molecule has 30 heavy (non-hydrogen) atoms. The standard InChI is InChI=1S/C20H17FN4O3S2/c1-29-19-20(25-8-3-2-5-17(25)22-19)30(27)23-18(26)16-11-13-14(21)9-12(10-15(13)28-16)24-6-4-7-24/h2-3,5,8-11H,4,6-7H2,1H3,(H,23,26). The lowest BCUT2D eigenvalue weighted by Crippen LogP contribution is -2.36.